The van der Waals surface area contributed by atoms with Crippen LogP contribution in [0.2, 0.25) is 0 Å². The van der Waals surface area contributed by atoms with Crippen LogP contribution in [0.25, 0.3) is 0 Å². The zero-order valence-electron chi connectivity index (χ0n) is 11.8. The molecule has 4 heteroatoms. The van der Waals surface area contributed by atoms with Crippen molar-refractivity contribution in [3.8, 4) is 0 Å². The number of hydrogen-bond donors (Lipinski definition) is 2. The Hall–Kier alpha value is -1.84. The summed E-state index contributed by atoms with van der Waals surface area (Å²) in [5.74, 6) is -1.96. The molecule has 1 amide bonds. The van der Waals surface area contributed by atoms with Gasteiger partial charge in [-0.25, -0.2) is 0 Å². The number of carbonyl (C=O) groups excluding carboxylic acids is 1. The average molecular weight is 275 g/mol. The Balaban J connectivity index is 2.12. The van der Waals surface area contributed by atoms with Crippen molar-refractivity contribution in [3.63, 3.8) is 0 Å². The molecule has 4 nitrogen and oxygen atoms in total. The number of aliphatic carboxylic acids is 1. The Labute approximate surface area is 119 Å². The number of carbonyl (C=O) groups is 2. The molecule has 0 spiro atoms. The predicted molar refractivity (Wildman–Crippen MR) is 77.5 cm³/mol. The molecule has 0 aliphatic heterocycles. The topological polar surface area (TPSA) is 66.4 Å². The fraction of sp³-hybridized carbons (Fsp3) is 0.500. The Kier molecular flexibility index (Phi) is 4.77. The average Bonchev–Trinajstić information content (AvgIpc) is 2.47. The maximum Gasteiger partial charge on any atom is 0.307 e. The second-order valence-electron chi connectivity index (χ2n) is 5.34. The van der Waals surface area contributed by atoms with Crippen molar-refractivity contribution >= 4 is 17.6 Å². The monoisotopic (exact) mass is 275 g/mol. The lowest BCUT2D eigenvalue weighted by atomic mass is 9.78. The van der Waals surface area contributed by atoms with Crippen molar-refractivity contribution in [1.29, 1.82) is 0 Å². The van der Waals surface area contributed by atoms with Crippen LogP contribution in [0.3, 0.4) is 0 Å². The van der Waals surface area contributed by atoms with Crippen LogP contribution in [0.15, 0.2) is 24.3 Å². The van der Waals surface area contributed by atoms with E-state index in [2.05, 4.69) is 5.32 Å². The minimum absolute atomic E-state index is 0.155. The van der Waals surface area contributed by atoms with Crippen LogP contribution < -0.4 is 5.32 Å². The summed E-state index contributed by atoms with van der Waals surface area (Å²) in [6.45, 7) is 2.03. The SMILES string of the molecule is CCc1ccccc1NC(=O)[C@@H]1CCCC[C@H]1C(=O)O. The van der Waals surface area contributed by atoms with Gasteiger partial charge in [0.2, 0.25) is 5.91 Å². The Morgan fingerprint density at radius 1 is 1.20 bits per heavy atom. The van der Waals surface area contributed by atoms with Crippen LogP contribution >= 0.6 is 0 Å². The van der Waals surface area contributed by atoms with Gasteiger partial charge in [-0.15, -0.1) is 0 Å². The molecule has 1 aromatic carbocycles. The molecule has 1 aliphatic rings. The van der Waals surface area contributed by atoms with Gasteiger partial charge in [-0.1, -0.05) is 38.0 Å². The van der Waals surface area contributed by atoms with E-state index in [1.807, 2.05) is 31.2 Å². The highest BCUT2D eigenvalue weighted by molar-refractivity contribution is 5.95. The summed E-state index contributed by atoms with van der Waals surface area (Å²) >= 11 is 0. The van der Waals surface area contributed by atoms with E-state index in [1.54, 1.807) is 0 Å². The highest BCUT2D eigenvalue weighted by Crippen LogP contribution is 2.31. The van der Waals surface area contributed by atoms with Crippen LogP contribution in [-0.2, 0) is 16.0 Å². The second kappa shape index (κ2) is 6.55. The zero-order valence-corrected chi connectivity index (χ0v) is 11.8. The molecule has 2 rings (SSSR count). The van der Waals surface area contributed by atoms with Gasteiger partial charge in [0.05, 0.1) is 11.8 Å². The van der Waals surface area contributed by atoms with Crippen LogP contribution in [0.1, 0.15) is 38.2 Å². The first kappa shape index (κ1) is 14.6. The number of carboxylic acid groups (broad SMARTS) is 1. The lowest BCUT2D eigenvalue weighted by molar-refractivity contribution is -0.147. The standard InChI is InChI=1S/C16H21NO3/c1-2-11-7-3-6-10-14(11)17-15(18)12-8-4-5-9-13(12)16(19)20/h3,6-7,10,12-13H,2,4-5,8-9H2,1H3,(H,17,18)(H,19,20)/t12-,13-/m1/s1. The van der Waals surface area contributed by atoms with Crippen molar-refractivity contribution in [3.05, 3.63) is 29.8 Å². The van der Waals surface area contributed by atoms with E-state index in [0.29, 0.717) is 12.8 Å². The summed E-state index contributed by atoms with van der Waals surface area (Å²) in [6.07, 6.45) is 3.92. The maximum absolute atomic E-state index is 12.4. The molecule has 0 unspecified atom stereocenters. The third-order valence-corrected chi connectivity index (χ3v) is 4.08. The third-order valence-electron chi connectivity index (χ3n) is 4.08. The molecule has 2 N–H and O–H groups in total. The predicted octanol–water partition coefficient (Wildman–Crippen LogP) is 3.08. The van der Waals surface area contributed by atoms with E-state index in [-0.39, 0.29) is 5.91 Å². The van der Waals surface area contributed by atoms with Crippen molar-refractivity contribution in [2.75, 3.05) is 5.32 Å². The molecule has 0 heterocycles. The molecule has 0 bridgehead atoms. The van der Waals surface area contributed by atoms with Crippen LogP contribution in [-0.4, -0.2) is 17.0 Å². The first-order valence-electron chi connectivity index (χ1n) is 7.25. The van der Waals surface area contributed by atoms with Crippen LogP contribution in [0.5, 0.6) is 0 Å². The first-order chi connectivity index (χ1) is 9.63. The minimum atomic E-state index is -0.853. The molecule has 1 aromatic rings. The van der Waals surface area contributed by atoms with Crippen molar-refractivity contribution in [1.82, 2.24) is 0 Å². The van der Waals surface area contributed by atoms with E-state index in [4.69, 9.17) is 0 Å². The summed E-state index contributed by atoms with van der Waals surface area (Å²) in [7, 11) is 0. The quantitative estimate of drug-likeness (QED) is 0.887. The van der Waals surface area contributed by atoms with Gasteiger partial charge >= 0.3 is 5.97 Å². The van der Waals surface area contributed by atoms with Crippen molar-refractivity contribution in [2.45, 2.75) is 39.0 Å². The van der Waals surface area contributed by atoms with E-state index in [1.165, 1.54) is 0 Å². The molecule has 0 radical (unpaired) electrons. The first-order valence-corrected chi connectivity index (χ1v) is 7.25. The highest BCUT2D eigenvalue weighted by atomic mass is 16.4. The molecule has 0 saturated heterocycles. The van der Waals surface area contributed by atoms with Crippen LogP contribution in [0.4, 0.5) is 5.69 Å². The van der Waals surface area contributed by atoms with Gasteiger partial charge in [0.1, 0.15) is 0 Å². The summed E-state index contributed by atoms with van der Waals surface area (Å²) in [4.78, 5) is 23.6. The summed E-state index contributed by atoms with van der Waals surface area (Å²) in [5, 5.41) is 12.2. The van der Waals surface area contributed by atoms with E-state index in [9.17, 15) is 14.7 Å². The molecule has 108 valence electrons. The molecule has 20 heavy (non-hydrogen) atoms. The fourth-order valence-corrected chi connectivity index (χ4v) is 2.92. The summed E-state index contributed by atoms with van der Waals surface area (Å²) in [5.41, 5.74) is 1.87. The molecule has 0 aromatic heterocycles. The number of aryl methyl sites for hydroxylation is 1. The smallest absolute Gasteiger partial charge is 0.307 e. The van der Waals surface area contributed by atoms with E-state index >= 15 is 0 Å². The Bertz CT molecular complexity index is 498. The molecular formula is C16H21NO3. The summed E-state index contributed by atoms with van der Waals surface area (Å²) < 4.78 is 0. The van der Waals surface area contributed by atoms with Gasteiger partial charge < -0.3 is 10.4 Å². The number of rotatable bonds is 4. The zero-order chi connectivity index (χ0) is 14.5. The molecule has 1 fully saturated rings. The van der Waals surface area contributed by atoms with Crippen LogP contribution in [0, 0.1) is 11.8 Å². The normalized spacial score (nSPS) is 22.2. The third kappa shape index (κ3) is 3.18. The van der Waals surface area contributed by atoms with Gasteiger partial charge in [-0.2, -0.15) is 0 Å². The molecule has 1 aliphatic carbocycles. The number of anilines is 1. The number of benzene rings is 1. The molecule has 1 saturated carbocycles. The fourth-order valence-electron chi connectivity index (χ4n) is 2.92. The number of para-hydroxylation sites is 1. The Morgan fingerprint density at radius 3 is 2.50 bits per heavy atom. The number of carboxylic acids is 1. The van der Waals surface area contributed by atoms with Crippen molar-refractivity contribution in [2.24, 2.45) is 11.8 Å². The largest absolute Gasteiger partial charge is 0.481 e. The van der Waals surface area contributed by atoms with Gasteiger partial charge in [0.15, 0.2) is 0 Å². The highest BCUT2D eigenvalue weighted by Gasteiger charge is 2.35. The lowest BCUT2D eigenvalue weighted by Crippen LogP contribution is -2.36. The van der Waals surface area contributed by atoms with Gasteiger partial charge in [0.25, 0.3) is 0 Å². The number of nitrogens with one attached hydrogen (secondary N) is 1. The molecular weight excluding hydrogens is 254 g/mol. The van der Waals surface area contributed by atoms with E-state index < -0.39 is 17.8 Å². The van der Waals surface area contributed by atoms with Gasteiger partial charge in [-0.05, 0) is 30.9 Å². The van der Waals surface area contributed by atoms with Crippen molar-refractivity contribution < 1.29 is 14.7 Å². The van der Waals surface area contributed by atoms with Gasteiger partial charge in [-0.3, -0.25) is 9.59 Å². The summed E-state index contributed by atoms with van der Waals surface area (Å²) in [6, 6.07) is 7.67. The lowest BCUT2D eigenvalue weighted by Gasteiger charge is -2.27. The maximum atomic E-state index is 12.4. The molecule has 2 atom stereocenters. The second-order valence-corrected chi connectivity index (χ2v) is 5.34. The Morgan fingerprint density at radius 2 is 1.85 bits per heavy atom. The number of amides is 1. The number of hydrogen-bond acceptors (Lipinski definition) is 2. The van der Waals surface area contributed by atoms with Gasteiger partial charge in [0, 0.05) is 5.69 Å². The minimum Gasteiger partial charge on any atom is -0.481 e. The van der Waals surface area contributed by atoms with E-state index in [0.717, 1.165) is 30.5 Å².